The van der Waals surface area contributed by atoms with Crippen molar-refractivity contribution in [3.05, 3.63) is 11.5 Å². The summed E-state index contributed by atoms with van der Waals surface area (Å²) in [5, 5.41) is 0. The normalized spacial score (nSPS) is 18.2. The second-order valence-electron chi connectivity index (χ2n) is 6.00. The summed E-state index contributed by atoms with van der Waals surface area (Å²) in [6.45, 7) is 6.56. The summed E-state index contributed by atoms with van der Waals surface area (Å²) in [6, 6.07) is 0. The molecule has 0 amide bonds. The summed E-state index contributed by atoms with van der Waals surface area (Å²) >= 11 is 0. The second-order valence-corrected chi connectivity index (χ2v) is 6.00. The van der Waals surface area contributed by atoms with Crippen LogP contribution >= 0.6 is 0 Å². The summed E-state index contributed by atoms with van der Waals surface area (Å²) in [4.78, 5) is 4.80. The van der Waals surface area contributed by atoms with Gasteiger partial charge in [0, 0.05) is 18.4 Å². The van der Waals surface area contributed by atoms with E-state index >= 15 is 0 Å². The number of nitrogens with two attached hydrogens (primary N) is 1. The molecule has 0 radical (unpaired) electrons. The molecule has 0 spiro atoms. The van der Waals surface area contributed by atoms with Gasteiger partial charge in [0.05, 0.1) is 5.69 Å². The van der Waals surface area contributed by atoms with Crippen LogP contribution in [0.5, 0.6) is 0 Å². The quantitative estimate of drug-likeness (QED) is 0.792. The third-order valence-electron chi connectivity index (χ3n) is 3.58. The van der Waals surface area contributed by atoms with Crippen LogP contribution in [0, 0.1) is 0 Å². The van der Waals surface area contributed by atoms with Crippen molar-refractivity contribution >= 4 is 5.82 Å². The largest absolute Gasteiger partial charge is 0.384 e. The molecule has 2 rings (SSSR count). The average molecular weight is 221 g/mol. The van der Waals surface area contributed by atoms with E-state index in [-0.39, 0.29) is 5.41 Å². The van der Waals surface area contributed by atoms with E-state index in [4.69, 9.17) is 10.7 Å². The van der Waals surface area contributed by atoms with Crippen LogP contribution in [-0.2, 0) is 12.5 Å². The second kappa shape index (κ2) is 3.79. The van der Waals surface area contributed by atoms with Crippen LogP contribution in [0.25, 0.3) is 0 Å². The Kier molecular flexibility index (Phi) is 2.72. The first-order valence-corrected chi connectivity index (χ1v) is 6.24. The van der Waals surface area contributed by atoms with Crippen LogP contribution in [0.3, 0.4) is 0 Å². The molecule has 1 aliphatic carbocycles. The number of aromatic nitrogens is 2. The minimum absolute atomic E-state index is 0.0692. The zero-order chi connectivity index (χ0) is 11.9. The third kappa shape index (κ3) is 1.83. The molecule has 1 saturated carbocycles. The first kappa shape index (κ1) is 11.5. The zero-order valence-electron chi connectivity index (χ0n) is 10.9. The summed E-state index contributed by atoms with van der Waals surface area (Å²) < 4.78 is 2.06. The van der Waals surface area contributed by atoms with Gasteiger partial charge in [0.2, 0.25) is 0 Å². The van der Waals surface area contributed by atoms with Gasteiger partial charge in [0.1, 0.15) is 11.6 Å². The number of hydrogen-bond acceptors (Lipinski definition) is 2. The summed E-state index contributed by atoms with van der Waals surface area (Å²) in [5.41, 5.74) is 7.39. The van der Waals surface area contributed by atoms with E-state index in [0.717, 1.165) is 17.3 Å². The Balaban J connectivity index is 2.40. The van der Waals surface area contributed by atoms with Crippen LogP contribution in [0.4, 0.5) is 5.82 Å². The van der Waals surface area contributed by atoms with Crippen LogP contribution in [-0.4, -0.2) is 9.55 Å². The average Bonchev–Trinajstić information content (AvgIpc) is 2.75. The molecule has 0 unspecified atom stereocenters. The van der Waals surface area contributed by atoms with Crippen molar-refractivity contribution in [3.63, 3.8) is 0 Å². The van der Waals surface area contributed by atoms with Gasteiger partial charge in [-0.05, 0) is 12.8 Å². The van der Waals surface area contributed by atoms with E-state index in [9.17, 15) is 0 Å². The predicted octanol–water partition coefficient (Wildman–Crippen LogP) is 2.96. The van der Waals surface area contributed by atoms with Gasteiger partial charge >= 0.3 is 0 Å². The predicted molar refractivity (Wildman–Crippen MR) is 67.5 cm³/mol. The lowest BCUT2D eigenvalue weighted by atomic mass is 9.96. The highest BCUT2D eigenvalue weighted by atomic mass is 15.1. The molecule has 0 atom stereocenters. The van der Waals surface area contributed by atoms with Crippen molar-refractivity contribution in [2.45, 2.75) is 57.8 Å². The maximum absolute atomic E-state index is 6.18. The molecule has 0 saturated heterocycles. The van der Waals surface area contributed by atoms with Crippen molar-refractivity contribution < 1.29 is 0 Å². The lowest BCUT2D eigenvalue weighted by Crippen LogP contribution is -2.17. The molecule has 1 aromatic heterocycles. The highest BCUT2D eigenvalue weighted by molar-refractivity contribution is 5.41. The topological polar surface area (TPSA) is 43.8 Å². The molecule has 2 N–H and O–H groups in total. The molecule has 3 nitrogen and oxygen atoms in total. The number of imidazole rings is 1. The monoisotopic (exact) mass is 221 g/mol. The van der Waals surface area contributed by atoms with Gasteiger partial charge in [-0.2, -0.15) is 0 Å². The van der Waals surface area contributed by atoms with E-state index in [2.05, 4.69) is 25.3 Å². The molecule has 1 fully saturated rings. The van der Waals surface area contributed by atoms with E-state index < -0.39 is 0 Å². The van der Waals surface area contributed by atoms with E-state index in [1.807, 2.05) is 7.05 Å². The fraction of sp³-hybridized carbons (Fsp3) is 0.769. The van der Waals surface area contributed by atoms with Gasteiger partial charge in [0.25, 0.3) is 0 Å². The van der Waals surface area contributed by atoms with Gasteiger partial charge in [0.15, 0.2) is 0 Å². The molecular weight excluding hydrogens is 198 g/mol. The zero-order valence-corrected chi connectivity index (χ0v) is 10.9. The summed E-state index contributed by atoms with van der Waals surface area (Å²) in [5.74, 6) is 2.58. The standard InChI is InChI=1S/C13H23N3/c1-13(2,3)12-15-10(11(14)16(12)4)9-7-5-6-8-9/h9H,5-8,14H2,1-4H3. The molecule has 1 aromatic rings. The maximum Gasteiger partial charge on any atom is 0.126 e. The fourth-order valence-corrected chi connectivity index (χ4v) is 2.70. The van der Waals surface area contributed by atoms with Gasteiger partial charge < -0.3 is 10.3 Å². The Morgan fingerprint density at radius 2 is 1.81 bits per heavy atom. The SMILES string of the molecule is Cn1c(C(C)(C)C)nc(C2CCCC2)c1N. The number of nitrogen functional groups attached to an aromatic ring is 1. The van der Waals surface area contributed by atoms with Crippen molar-refractivity contribution in [3.8, 4) is 0 Å². The van der Waals surface area contributed by atoms with Gasteiger partial charge in [-0.15, -0.1) is 0 Å². The first-order valence-electron chi connectivity index (χ1n) is 6.24. The van der Waals surface area contributed by atoms with Crippen LogP contribution in [0.2, 0.25) is 0 Å². The van der Waals surface area contributed by atoms with Gasteiger partial charge in [-0.1, -0.05) is 33.6 Å². The van der Waals surface area contributed by atoms with Crippen molar-refractivity contribution in [1.82, 2.24) is 9.55 Å². The Bertz CT molecular complexity index is 379. The minimum atomic E-state index is 0.0692. The van der Waals surface area contributed by atoms with Crippen molar-refractivity contribution in [1.29, 1.82) is 0 Å². The van der Waals surface area contributed by atoms with E-state index in [0.29, 0.717) is 5.92 Å². The third-order valence-corrected chi connectivity index (χ3v) is 3.58. The molecule has 0 bridgehead atoms. The smallest absolute Gasteiger partial charge is 0.126 e. The van der Waals surface area contributed by atoms with Crippen molar-refractivity contribution in [2.75, 3.05) is 5.73 Å². The molecule has 0 aliphatic heterocycles. The Hall–Kier alpha value is -0.990. The molecule has 0 aromatic carbocycles. The Labute approximate surface area is 98.1 Å². The number of rotatable bonds is 1. The van der Waals surface area contributed by atoms with Crippen molar-refractivity contribution in [2.24, 2.45) is 7.05 Å². The molecule has 16 heavy (non-hydrogen) atoms. The van der Waals surface area contributed by atoms with Crippen LogP contribution < -0.4 is 5.73 Å². The lowest BCUT2D eigenvalue weighted by molar-refractivity contribution is 0.522. The van der Waals surface area contributed by atoms with Crippen LogP contribution in [0.15, 0.2) is 0 Å². The maximum atomic E-state index is 6.18. The first-order chi connectivity index (χ1) is 7.41. The van der Waals surface area contributed by atoms with Gasteiger partial charge in [-0.25, -0.2) is 4.98 Å². The minimum Gasteiger partial charge on any atom is -0.384 e. The molecule has 1 heterocycles. The summed E-state index contributed by atoms with van der Waals surface area (Å²) in [7, 11) is 2.03. The highest BCUT2D eigenvalue weighted by Crippen LogP contribution is 2.37. The molecule has 1 aliphatic rings. The Morgan fingerprint density at radius 3 is 2.25 bits per heavy atom. The molecular formula is C13H23N3. The molecule has 90 valence electrons. The fourth-order valence-electron chi connectivity index (χ4n) is 2.70. The summed E-state index contributed by atoms with van der Waals surface area (Å²) in [6.07, 6.45) is 5.16. The number of nitrogens with zero attached hydrogens (tertiary/aromatic N) is 2. The number of anilines is 1. The highest BCUT2D eigenvalue weighted by Gasteiger charge is 2.28. The number of hydrogen-bond donors (Lipinski definition) is 1. The lowest BCUT2D eigenvalue weighted by Gasteiger charge is -2.17. The molecule has 3 heteroatoms. The van der Waals surface area contributed by atoms with E-state index in [1.165, 1.54) is 25.7 Å². The van der Waals surface area contributed by atoms with Gasteiger partial charge in [-0.3, -0.25) is 0 Å². The van der Waals surface area contributed by atoms with Crippen LogP contribution in [0.1, 0.15) is 63.9 Å². The Morgan fingerprint density at radius 1 is 1.25 bits per heavy atom. The van der Waals surface area contributed by atoms with E-state index in [1.54, 1.807) is 0 Å².